The average molecular weight is 195 g/mol. The van der Waals surface area contributed by atoms with Crippen molar-refractivity contribution >= 4 is 5.97 Å². The fraction of sp³-hybridized carbons (Fsp3) is 0.300. The molecular weight excluding hydrogens is 182 g/mol. The van der Waals surface area contributed by atoms with Crippen molar-refractivity contribution in [3.05, 3.63) is 35.4 Å². The summed E-state index contributed by atoms with van der Waals surface area (Å²) >= 11 is 0. The van der Waals surface area contributed by atoms with Crippen molar-refractivity contribution in [3.63, 3.8) is 0 Å². The fourth-order valence-electron chi connectivity index (χ4n) is 1.19. The maximum atomic E-state index is 10.6. The molecule has 0 amide bonds. The van der Waals surface area contributed by atoms with E-state index >= 15 is 0 Å². The minimum Gasteiger partial charge on any atom is -0.480 e. The first-order valence-corrected chi connectivity index (χ1v) is 4.21. The van der Waals surface area contributed by atoms with Gasteiger partial charge in [0, 0.05) is 7.11 Å². The van der Waals surface area contributed by atoms with Crippen LogP contribution in [0.1, 0.15) is 17.2 Å². The summed E-state index contributed by atoms with van der Waals surface area (Å²) in [6, 6.07) is 6.10. The monoisotopic (exact) mass is 195 g/mol. The Labute approximate surface area is 82.3 Å². The number of carbonyl (C=O) groups is 1. The van der Waals surface area contributed by atoms with E-state index in [1.807, 2.05) is 6.07 Å². The van der Waals surface area contributed by atoms with Crippen molar-refractivity contribution < 1.29 is 14.6 Å². The third-order valence-corrected chi connectivity index (χ3v) is 1.89. The Morgan fingerprint density at radius 3 is 2.93 bits per heavy atom. The predicted molar refractivity (Wildman–Crippen MR) is 51.7 cm³/mol. The second-order valence-corrected chi connectivity index (χ2v) is 2.99. The highest BCUT2D eigenvalue weighted by molar-refractivity contribution is 5.75. The highest BCUT2D eigenvalue weighted by atomic mass is 16.5. The summed E-state index contributed by atoms with van der Waals surface area (Å²) in [4.78, 5) is 10.6. The van der Waals surface area contributed by atoms with Gasteiger partial charge in [-0.2, -0.15) is 0 Å². The summed E-state index contributed by atoms with van der Waals surface area (Å²) < 4.78 is 4.93. The number of methoxy groups -OCH3 is 1. The average Bonchev–Trinajstić information content (AvgIpc) is 2.17. The van der Waals surface area contributed by atoms with Gasteiger partial charge in [0.15, 0.2) is 0 Å². The normalized spacial score (nSPS) is 12.4. The molecule has 4 nitrogen and oxygen atoms in total. The molecular formula is C10H13NO3. The van der Waals surface area contributed by atoms with Gasteiger partial charge in [0.1, 0.15) is 6.04 Å². The first-order valence-electron chi connectivity index (χ1n) is 4.21. The van der Waals surface area contributed by atoms with Crippen LogP contribution >= 0.6 is 0 Å². The molecule has 0 fully saturated rings. The van der Waals surface area contributed by atoms with Crippen molar-refractivity contribution in [3.8, 4) is 0 Å². The molecule has 0 heterocycles. The molecule has 0 aliphatic rings. The molecule has 0 saturated heterocycles. The summed E-state index contributed by atoms with van der Waals surface area (Å²) in [5, 5.41) is 8.70. The Hall–Kier alpha value is -1.39. The molecule has 1 aromatic rings. The molecule has 1 rings (SSSR count). The van der Waals surface area contributed by atoms with E-state index in [0.717, 1.165) is 5.56 Å². The quantitative estimate of drug-likeness (QED) is 0.749. The number of hydrogen-bond donors (Lipinski definition) is 2. The topological polar surface area (TPSA) is 72.5 Å². The van der Waals surface area contributed by atoms with Crippen LogP contribution in [0.5, 0.6) is 0 Å². The molecule has 4 heteroatoms. The van der Waals surface area contributed by atoms with E-state index in [0.29, 0.717) is 12.2 Å². The molecule has 0 spiro atoms. The van der Waals surface area contributed by atoms with Gasteiger partial charge in [-0.15, -0.1) is 0 Å². The standard InChI is InChI=1S/C10H13NO3/c1-14-6-7-3-2-4-8(5-7)9(11)10(12)13/h2-5,9H,6,11H2,1H3,(H,12,13). The Balaban J connectivity index is 2.87. The minimum absolute atomic E-state index is 0.459. The van der Waals surface area contributed by atoms with Crippen LogP contribution in [0.3, 0.4) is 0 Å². The summed E-state index contributed by atoms with van der Waals surface area (Å²) in [7, 11) is 1.59. The van der Waals surface area contributed by atoms with Gasteiger partial charge in [0.25, 0.3) is 0 Å². The van der Waals surface area contributed by atoms with Crippen LogP contribution in [0.4, 0.5) is 0 Å². The van der Waals surface area contributed by atoms with E-state index in [9.17, 15) is 4.79 Å². The molecule has 0 aliphatic heterocycles. The molecule has 1 aromatic carbocycles. The Morgan fingerprint density at radius 1 is 1.64 bits per heavy atom. The maximum absolute atomic E-state index is 10.6. The highest BCUT2D eigenvalue weighted by Gasteiger charge is 2.13. The summed E-state index contributed by atoms with van der Waals surface area (Å²) in [5.41, 5.74) is 6.97. The molecule has 76 valence electrons. The molecule has 1 atom stereocenters. The van der Waals surface area contributed by atoms with Gasteiger partial charge < -0.3 is 15.6 Å². The second kappa shape index (κ2) is 4.74. The Morgan fingerprint density at radius 2 is 2.36 bits per heavy atom. The summed E-state index contributed by atoms with van der Waals surface area (Å²) in [6.45, 7) is 0.459. The van der Waals surface area contributed by atoms with Gasteiger partial charge in [0.05, 0.1) is 6.61 Å². The molecule has 14 heavy (non-hydrogen) atoms. The van der Waals surface area contributed by atoms with Crippen LogP contribution < -0.4 is 5.73 Å². The molecule has 0 saturated carbocycles. The second-order valence-electron chi connectivity index (χ2n) is 2.99. The fourth-order valence-corrected chi connectivity index (χ4v) is 1.19. The Bertz CT molecular complexity index is 325. The van der Waals surface area contributed by atoms with Crippen molar-refractivity contribution in [2.24, 2.45) is 5.73 Å². The lowest BCUT2D eigenvalue weighted by Crippen LogP contribution is -2.20. The molecule has 3 N–H and O–H groups in total. The number of rotatable bonds is 4. The Kier molecular flexibility index (Phi) is 3.62. The van der Waals surface area contributed by atoms with Gasteiger partial charge >= 0.3 is 5.97 Å². The predicted octanol–water partition coefficient (Wildman–Crippen LogP) is 0.917. The third kappa shape index (κ3) is 2.55. The third-order valence-electron chi connectivity index (χ3n) is 1.89. The van der Waals surface area contributed by atoms with Crippen molar-refractivity contribution in [2.45, 2.75) is 12.6 Å². The van der Waals surface area contributed by atoms with E-state index in [1.165, 1.54) is 0 Å². The zero-order valence-electron chi connectivity index (χ0n) is 7.93. The lowest BCUT2D eigenvalue weighted by molar-refractivity contribution is -0.138. The number of benzene rings is 1. The highest BCUT2D eigenvalue weighted by Crippen LogP contribution is 2.13. The summed E-state index contributed by atoms with van der Waals surface area (Å²) in [5.74, 6) is -1.03. The summed E-state index contributed by atoms with van der Waals surface area (Å²) in [6.07, 6.45) is 0. The van der Waals surface area contributed by atoms with Crippen LogP contribution in [-0.2, 0) is 16.1 Å². The number of aliphatic carboxylic acids is 1. The van der Waals surface area contributed by atoms with Crippen LogP contribution in [-0.4, -0.2) is 18.2 Å². The molecule has 0 bridgehead atoms. The lowest BCUT2D eigenvalue weighted by atomic mass is 10.1. The molecule has 0 aliphatic carbocycles. The number of carboxylic acids is 1. The van der Waals surface area contributed by atoms with Crippen LogP contribution in [0.25, 0.3) is 0 Å². The zero-order chi connectivity index (χ0) is 10.6. The van der Waals surface area contributed by atoms with Crippen molar-refractivity contribution in [2.75, 3.05) is 7.11 Å². The van der Waals surface area contributed by atoms with Crippen LogP contribution in [0.2, 0.25) is 0 Å². The first-order chi connectivity index (χ1) is 6.65. The van der Waals surface area contributed by atoms with E-state index < -0.39 is 12.0 Å². The van der Waals surface area contributed by atoms with Crippen LogP contribution in [0.15, 0.2) is 24.3 Å². The SMILES string of the molecule is COCc1cccc(C(N)C(=O)O)c1. The van der Waals surface area contributed by atoms with Gasteiger partial charge in [0.2, 0.25) is 0 Å². The van der Waals surface area contributed by atoms with Crippen LogP contribution in [0, 0.1) is 0 Å². The molecule has 0 aromatic heterocycles. The minimum atomic E-state index is -1.03. The van der Waals surface area contributed by atoms with E-state index in [1.54, 1.807) is 25.3 Å². The molecule has 0 radical (unpaired) electrons. The van der Waals surface area contributed by atoms with Gasteiger partial charge in [-0.25, -0.2) is 0 Å². The van der Waals surface area contributed by atoms with E-state index in [4.69, 9.17) is 15.6 Å². The largest absolute Gasteiger partial charge is 0.480 e. The van der Waals surface area contributed by atoms with Gasteiger partial charge in [-0.05, 0) is 11.1 Å². The van der Waals surface area contributed by atoms with E-state index in [-0.39, 0.29) is 0 Å². The number of hydrogen-bond acceptors (Lipinski definition) is 3. The first kappa shape index (κ1) is 10.7. The number of ether oxygens (including phenoxy) is 1. The molecule has 1 unspecified atom stereocenters. The van der Waals surface area contributed by atoms with Crippen molar-refractivity contribution in [1.82, 2.24) is 0 Å². The van der Waals surface area contributed by atoms with Gasteiger partial charge in [-0.1, -0.05) is 24.3 Å². The van der Waals surface area contributed by atoms with E-state index in [2.05, 4.69) is 0 Å². The maximum Gasteiger partial charge on any atom is 0.325 e. The number of carboxylic acid groups (broad SMARTS) is 1. The van der Waals surface area contributed by atoms with Gasteiger partial charge in [-0.3, -0.25) is 4.79 Å². The number of nitrogens with two attached hydrogens (primary N) is 1. The zero-order valence-corrected chi connectivity index (χ0v) is 7.93. The smallest absolute Gasteiger partial charge is 0.325 e. The lowest BCUT2D eigenvalue weighted by Gasteiger charge is -2.08. The van der Waals surface area contributed by atoms with Crippen molar-refractivity contribution in [1.29, 1.82) is 0 Å².